The number of hydrogen-bond acceptors (Lipinski definition) is 2. The standard InChI is InChI=1S/C10H11BrO.C10H12O/c1-8(12)5-9-3-2-4-10(6-9)7-11;1-8-4-3-5-10(6-8)7-9(2)11/h2-4,6H,5,7H2,1H3;3-6H,7H2,1-2H3. The van der Waals surface area contributed by atoms with Gasteiger partial charge in [-0.25, -0.2) is 0 Å². The second-order valence-electron chi connectivity index (χ2n) is 5.70. The first kappa shape index (κ1) is 19.3. The summed E-state index contributed by atoms with van der Waals surface area (Å²) in [6, 6.07) is 16.1. The van der Waals surface area contributed by atoms with E-state index >= 15 is 0 Å². The number of alkyl halides is 1. The lowest BCUT2D eigenvalue weighted by Crippen LogP contribution is -1.96. The molecule has 2 nitrogen and oxygen atoms in total. The lowest BCUT2D eigenvalue weighted by molar-refractivity contribution is -0.117. The summed E-state index contributed by atoms with van der Waals surface area (Å²) in [4.78, 5) is 21.5. The van der Waals surface area contributed by atoms with Crippen LogP contribution in [0.25, 0.3) is 0 Å². The predicted molar refractivity (Wildman–Crippen MR) is 99.0 cm³/mol. The number of carbonyl (C=O) groups excluding carboxylic acids is 2. The van der Waals surface area contributed by atoms with Crippen molar-refractivity contribution in [1.29, 1.82) is 0 Å². The zero-order valence-electron chi connectivity index (χ0n) is 13.9. The molecule has 0 saturated heterocycles. The van der Waals surface area contributed by atoms with Crippen molar-refractivity contribution in [2.75, 3.05) is 0 Å². The number of hydrogen-bond donors (Lipinski definition) is 0. The molecule has 122 valence electrons. The van der Waals surface area contributed by atoms with Crippen molar-refractivity contribution < 1.29 is 9.59 Å². The van der Waals surface area contributed by atoms with Gasteiger partial charge in [-0.2, -0.15) is 0 Å². The maximum absolute atomic E-state index is 10.8. The molecule has 2 rings (SSSR count). The number of rotatable bonds is 5. The molecule has 0 atom stereocenters. The highest BCUT2D eigenvalue weighted by molar-refractivity contribution is 9.08. The minimum Gasteiger partial charge on any atom is -0.300 e. The third-order valence-corrected chi connectivity index (χ3v) is 3.78. The van der Waals surface area contributed by atoms with E-state index in [0.29, 0.717) is 12.8 Å². The molecule has 0 unspecified atom stereocenters. The van der Waals surface area contributed by atoms with Crippen LogP contribution in [0.5, 0.6) is 0 Å². The van der Waals surface area contributed by atoms with E-state index in [9.17, 15) is 9.59 Å². The number of halogens is 1. The van der Waals surface area contributed by atoms with E-state index in [1.807, 2.05) is 49.4 Å². The SMILES string of the molecule is CC(=O)Cc1cccc(C)c1.CC(=O)Cc1cccc(CBr)c1. The predicted octanol–water partition coefficient (Wildman–Crippen LogP) is 4.84. The molecule has 0 aliphatic rings. The monoisotopic (exact) mass is 374 g/mol. The Kier molecular flexibility index (Phi) is 8.49. The molecule has 0 aromatic heterocycles. The summed E-state index contributed by atoms with van der Waals surface area (Å²) < 4.78 is 0. The lowest BCUT2D eigenvalue weighted by atomic mass is 10.1. The highest BCUT2D eigenvalue weighted by Gasteiger charge is 1.98. The molecular formula is C20H23BrO2. The van der Waals surface area contributed by atoms with Crippen LogP contribution >= 0.6 is 15.9 Å². The molecule has 0 bridgehead atoms. The van der Waals surface area contributed by atoms with Crippen LogP contribution in [0.15, 0.2) is 48.5 Å². The topological polar surface area (TPSA) is 34.1 Å². The summed E-state index contributed by atoms with van der Waals surface area (Å²) >= 11 is 3.37. The van der Waals surface area contributed by atoms with Gasteiger partial charge in [0.05, 0.1) is 0 Å². The van der Waals surface area contributed by atoms with E-state index in [0.717, 1.165) is 16.5 Å². The summed E-state index contributed by atoms with van der Waals surface area (Å²) in [6.07, 6.45) is 1.10. The molecule has 0 saturated carbocycles. The molecule has 2 aromatic carbocycles. The number of benzene rings is 2. The fraction of sp³-hybridized carbons (Fsp3) is 0.300. The van der Waals surface area contributed by atoms with Crippen molar-refractivity contribution in [3.8, 4) is 0 Å². The van der Waals surface area contributed by atoms with Crippen LogP contribution in [-0.4, -0.2) is 11.6 Å². The van der Waals surface area contributed by atoms with E-state index in [-0.39, 0.29) is 11.6 Å². The second kappa shape index (κ2) is 10.1. The molecule has 0 radical (unpaired) electrons. The number of Topliss-reactive ketones (excluding diaryl/α,β-unsaturated/α-hetero) is 2. The molecule has 2 aromatic rings. The summed E-state index contributed by atoms with van der Waals surface area (Å²) in [5.74, 6) is 0.428. The molecular weight excluding hydrogens is 352 g/mol. The quantitative estimate of drug-likeness (QED) is 0.701. The average molecular weight is 375 g/mol. The van der Waals surface area contributed by atoms with Gasteiger partial charge in [0.1, 0.15) is 11.6 Å². The first-order valence-corrected chi connectivity index (χ1v) is 8.71. The molecule has 0 N–H and O–H groups in total. The van der Waals surface area contributed by atoms with Crippen molar-refractivity contribution in [2.45, 2.75) is 38.9 Å². The van der Waals surface area contributed by atoms with Crippen LogP contribution in [-0.2, 0) is 27.8 Å². The maximum Gasteiger partial charge on any atom is 0.134 e. The fourth-order valence-corrected chi connectivity index (χ4v) is 2.57. The number of carbonyl (C=O) groups is 2. The Morgan fingerprint density at radius 1 is 0.826 bits per heavy atom. The zero-order chi connectivity index (χ0) is 17.2. The van der Waals surface area contributed by atoms with Crippen molar-refractivity contribution in [1.82, 2.24) is 0 Å². The van der Waals surface area contributed by atoms with E-state index < -0.39 is 0 Å². The minimum atomic E-state index is 0.210. The highest BCUT2D eigenvalue weighted by Crippen LogP contribution is 2.09. The molecule has 0 spiro atoms. The molecule has 0 aliphatic heterocycles. The van der Waals surface area contributed by atoms with Gasteiger partial charge in [0.2, 0.25) is 0 Å². The molecule has 0 fully saturated rings. The maximum atomic E-state index is 10.8. The molecule has 0 heterocycles. The molecule has 23 heavy (non-hydrogen) atoms. The first-order chi connectivity index (χ1) is 10.9. The Balaban J connectivity index is 0.000000231. The van der Waals surface area contributed by atoms with Crippen molar-refractivity contribution in [3.63, 3.8) is 0 Å². The molecule has 3 heteroatoms. The van der Waals surface area contributed by atoms with Crippen LogP contribution in [0.4, 0.5) is 0 Å². The van der Waals surface area contributed by atoms with Gasteiger partial charge < -0.3 is 0 Å². The van der Waals surface area contributed by atoms with Gasteiger partial charge >= 0.3 is 0 Å². The third kappa shape index (κ3) is 8.46. The summed E-state index contributed by atoms with van der Waals surface area (Å²) in [5, 5.41) is 0.846. The van der Waals surface area contributed by atoms with Gasteiger partial charge in [-0.1, -0.05) is 70.0 Å². The van der Waals surface area contributed by atoms with Gasteiger partial charge in [0.25, 0.3) is 0 Å². The van der Waals surface area contributed by atoms with Crippen molar-refractivity contribution in [3.05, 3.63) is 70.8 Å². The Hall–Kier alpha value is -1.74. The van der Waals surface area contributed by atoms with Gasteiger partial charge in [-0.3, -0.25) is 9.59 Å². The van der Waals surface area contributed by atoms with Crippen LogP contribution in [0.1, 0.15) is 36.1 Å². The van der Waals surface area contributed by atoms with Gasteiger partial charge in [-0.15, -0.1) is 0 Å². The minimum absolute atomic E-state index is 0.210. The van der Waals surface area contributed by atoms with Crippen LogP contribution < -0.4 is 0 Å². The van der Waals surface area contributed by atoms with Crippen molar-refractivity contribution in [2.24, 2.45) is 0 Å². The second-order valence-corrected chi connectivity index (χ2v) is 6.26. The van der Waals surface area contributed by atoms with Crippen LogP contribution in [0, 0.1) is 6.92 Å². The summed E-state index contributed by atoms with van der Waals surface area (Å²) in [6.45, 7) is 5.26. The van der Waals surface area contributed by atoms with E-state index in [4.69, 9.17) is 0 Å². The number of ketones is 2. The largest absolute Gasteiger partial charge is 0.300 e. The van der Waals surface area contributed by atoms with E-state index in [2.05, 4.69) is 22.0 Å². The average Bonchev–Trinajstić information content (AvgIpc) is 2.47. The lowest BCUT2D eigenvalue weighted by Gasteiger charge is -1.99. The Morgan fingerprint density at radius 3 is 1.78 bits per heavy atom. The van der Waals surface area contributed by atoms with Gasteiger partial charge in [-0.05, 0) is 37.5 Å². The fourth-order valence-electron chi connectivity index (χ4n) is 2.22. The zero-order valence-corrected chi connectivity index (χ0v) is 15.5. The first-order valence-electron chi connectivity index (χ1n) is 7.59. The Morgan fingerprint density at radius 2 is 1.30 bits per heavy atom. The van der Waals surface area contributed by atoms with E-state index in [1.54, 1.807) is 13.8 Å². The summed E-state index contributed by atoms with van der Waals surface area (Å²) in [5.41, 5.74) is 4.63. The molecule has 0 aliphatic carbocycles. The Labute approximate surface area is 147 Å². The van der Waals surface area contributed by atoms with Gasteiger partial charge in [0, 0.05) is 18.2 Å². The number of aryl methyl sites for hydroxylation is 1. The normalized spacial score (nSPS) is 9.74. The highest BCUT2D eigenvalue weighted by atomic mass is 79.9. The van der Waals surface area contributed by atoms with E-state index in [1.165, 1.54) is 11.1 Å². The molecule has 0 amide bonds. The van der Waals surface area contributed by atoms with Crippen LogP contribution in [0.2, 0.25) is 0 Å². The van der Waals surface area contributed by atoms with Crippen molar-refractivity contribution >= 4 is 27.5 Å². The third-order valence-electron chi connectivity index (χ3n) is 3.13. The Bertz CT molecular complexity index is 662. The summed E-state index contributed by atoms with van der Waals surface area (Å²) in [7, 11) is 0. The van der Waals surface area contributed by atoms with Crippen LogP contribution in [0.3, 0.4) is 0 Å². The smallest absolute Gasteiger partial charge is 0.134 e. The van der Waals surface area contributed by atoms with Gasteiger partial charge in [0.15, 0.2) is 0 Å².